The van der Waals surface area contributed by atoms with E-state index in [1.807, 2.05) is 20.8 Å². The van der Waals surface area contributed by atoms with Crippen molar-refractivity contribution in [1.29, 1.82) is 0 Å². The third kappa shape index (κ3) is 6.96. The van der Waals surface area contributed by atoms with E-state index in [1.54, 1.807) is 60.7 Å². The molecule has 6 aromatic rings. The Bertz CT molecular complexity index is 2910. The number of rotatable bonds is 12. The maximum absolute atomic E-state index is 14.7. The average molecular weight is 875 g/mol. The van der Waals surface area contributed by atoms with E-state index in [1.165, 1.54) is 56.9 Å². The third-order valence-electron chi connectivity index (χ3n) is 11.4. The molecule has 0 amide bonds. The van der Waals surface area contributed by atoms with E-state index in [2.05, 4.69) is 0 Å². The summed E-state index contributed by atoms with van der Waals surface area (Å²) < 4.78 is 69.6. The summed E-state index contributed by atoms with van der Waals surface area (Å²) in [4.78, 5) is 42.8. The molecule has 6 aromatic carbocycles. The van der Waals surface area contributed by atoms with E-state index in [-0.39, 0.29) is 34.8 Å². The van der Waals surface area contributed by atoms with Gasteiger partial charge in [0.25, 0.3) is 0 Å². The SMILES string of the molecule is COc1ccc(-c2c3c(c(OC(=O)Oc4c5c(c(-c6ccc(OC)c(OC)c6)c6cc(OC)c(OC)cc46)C(=O)OC5C(C)(C)C)c4cc(OC)c(OC)cc24)COC3=O)cc1OC. The number of cyclic esters (lactones) is 2. The molecule has 0 saturated carbocycles. The van der Waals surface area contributed by atoms with Crippen molar-refractivity contribution in [2.24, 2.45) is 5.41 Å². The highest BCUT2D eigenvalue weighted by atomic mass is 16.7. The monoisotopic (exact) mass is 874 g/mol. The van der Waals surface area contributed by atoms with Gasteiger partial charge in [-0.05, 0) is 70.4 Å². The Morgan fingerprint density at radius 3 is 1.36 bits per heavy atom. The first-order valence-electron chi connectivity index (χ1n) is 20.0. The van der Waals surface area contributed by atoms with Crippen LogP contribution >= 0.6 is 0 Å². The summed E-state index contributed by atoms with van der Waals surface area (Å²) >= 11 is 0. The predicted molar refractivity (Wildman–Crippen MR) is 235 cm³/mol. The van der Waals surface area contributed by atoms with Crippen molar-refractivity contribution in [2.45, 2.75) is 33.5 Å². The van der Waals surface area contributed by atoms with E-state index in [0.717, 1.165) is 0 Å². The lowest BCUT2D eigenvalue weighted by molar-refractivity contribution is 0.00729. The van der Waals surface area contributed by atoms with E-state index in [0.29, 0.717) is 95.4 Å². The molecule has 0 aromatic heterocycles. The highest BCUT2D eigenvalue weighted by Gasteiger charge is 2.45. The summed E-state index contributed by atoms with van der Waals surface area (Å²) in [6, 6.07) is 17.2. The Balaban J connectivity index is 1.38. The van der Waals surface area contributed by atoms with Gasteiger partial charge in [-0.1, -0.05) is 32.9 Å². The largest absolute Gasteiger partial charge is 0.519 e. The molecule has 1 unspecified atom stereocenters. The fraction of sp³-hybridized carbons (Fsp3) is 0.286. The summed E-state index contributed by atoms with van der Waals surface area (Å²) in [6.07, 6.45) is -2.09. The maximum Gasteiger partial charge on any atom is 0.519 e. The molecule has 2 heterocycles. The standard InChI is InChI=1S/C49H46O15/c1-49(2,3)45-42-41(47(51)64-45)39(24-13-15-31(54-5)33(17-24)56-7)26-19-35(58-9)37(60-11)21-28(26)44(42)63-48(52)62-43-27-20-36(59-10)34(57-8)18-25(27)38(40-29(43)22-61-46(40)50)23-12-14-30(53-4)32(16-23)55-6/h12-21,45H,22H2,1-11H3. The molecule has 2 aliphatic heterocycles. The first kappa shape index (κ1) is 43.1. The van der Waals surface area contributed by atoms with Crippen molar-refractivity contribution in [3.63, 3.8) is 0 Å². The van der Waals surface area contributed by atoms with Crippen molar-refractivity contribution in [2.75, 3.05) is 56.9 Å². The summed E-state index contributed by atoms with van der Waals surface area (Å²) in [5.41, 5.74) is 2.30. The average Bonchev–Trinajstić information content (AvgIpc) is 3.86. The molecule has 0 aliphatic carbocycles. The predicted octanol–water partition coefficient (Wildman–Crippen LogP) is 9.90. The van der Waals surface area contributed by atoms with Crippen LogP contribution in [0.25, 0.3) is 43.8 Å². The van der Waals surface area contributed by atoms with Crippen LogP contribution in [0.15, 0.2) is 60.7 Å². The molecule has 15 nitrogen and oxygen atoms in total. The lowest BCUT2D eigenvalue weighted by Gasteiger charge is -2.28. The van der Waals surface area contributed by atoms with Gasteiger partial charge in [-0.3, -0.25) is 0 Å². The quantitative estimate of drug-likeness (QED) is 0.0843. The number of esters is 2. The van der Waals surface area contributed by atoms with Crippen LogP contribution in [0.4, 0.5) is 4.79 Å². The lowest BCUT2D eigenvalue weighted by Crippen LogP contribution is -2.21. The van der Waals surface area contributed by atoms with Gasteiger partial charge in [-0.25, -0.2) is 14.4 Å². The second kappa shape index (κ2) is 16.6. The van der Waals surface area contributed by atoms with Gasteiger partial charge < -0.3 is 56.8 Å². The van der Waals surface area contributed by atoms with E-state index in [4.69, 9.17) is 56.8 Å². The number of fused-ring (bicyclic) bond motifs is 4. The highest BCUT2D eigenvalue weighted by Crippen LogP contribution is 2.56. The Kier molecular flexibility index (Phi) is 11.2. The van der Waals surface area contributed by atoms with Crippen molar-refractivity contribution in [3.05, 3.63) is 82.9 Å². The van der Waals surface area contributed by atoms with Crippen molar-refractivity contribution in [1.82, 2.24) is 0 Å². The van der Waals surface area contributed by atoms with Crippen LogP contribution in [0.3, 0.4) is 0 Å². The summed E-state index contributed by atoms with van der Waals surface area (Å²) in [5, 5.41) is 1.65. The number of carbonyl (C=O) groups is 3. The molecular formula is C49H46O15. The molecule has 0 saturated heterocycles. The molecule has 2 aliphatic rings. The molecule has 64 heavy (non-hydrogen) atoms. The van der Waals surface area contributed by atoms with Gasteiger partial charge in [-0.2, -0.15) is 0 Å². The molecule has 0 spiro atoms. The molecule has 15 heteroatoms. The Morgan fingerprint density at radius 1 is 0.500 bits per heavy atom. The third-order valence-corrected chi connectivity index (χ3v) is 11.4. The molecule has 8 rings (SSSR count). The molecule has 1 atom stereocenters. The van der Waals surface area contributed by atoms with Crippen molar-refractivity contribution >= 4 is 39.6 Å². The van der Waals surface area contributed by atoms with Gasteiger partial charge in [0, 0.05) is 32.9 Å². The minimum Gasteiger partial charge on any atom is -0.493 e. The second-order valence-electron chi connectivity index (χ2n) is 15.9. The van der Waals surface area contributed by atoms with Crippen LogP contribution in [0, 0.1) is 5.41 Å². The van der Waals surface area contributed by atoms with E-state index >= 15 is 0 Å². The van der Waals surface area contributed by atoms with Crippen LogP contribution in [0.1, 0.15) is 58.7 Å². The van der Waals surface area contributed by atoms with E-state index in [9.17, 15) is 14.4 Å². The molecule has 0 N–H and O–H groups in total. The van der Waals surface area contributed by atoms with Gasteiger partial charge in [0.2, 0.25) is 0 Å². The number of hydrogen-bond acceptors (Lipinski definition) is 15. The van der Waals surface area contributed by atoms with Crippen molar-refractivity contribution in [3.8, 4) is 79.7 Å². The van der Waals surface area contributed by atoms with Gasteiger partial charge in [0.15, 0.2) is 46.0 Å². The van der Waals surface area contributed by atoms with E-state index < -0.39 is 29.6 Å². The molecule has 332 valence electrons. The lowest BCUT2D eigenvalue weighted by atomic mass is 9.80. The van der Waals surface area contributed by atoms with Gasteiger partial charge in [0.05, 0.1) is 73.6 Å². The topological polar surface area (TPSA) is 162 Å². The zero-order chi connectivity index (χ0) is 45.8. The first-order chi connectivity index (χ1) is 30.7. The number of carbonyl (C=O) groups excluding carboxylic acids is 3. The fourth-order valence-corrected chi connectivity index (χ4v) is 8.50. The maximum atomic E-state index is 14.7. The minimum absolute atomic E-state index is 0.0135. The number of methoxy groups -OCH3 is 8. The Hall–Kier alpha value is -7.55. The minimum atomic E-state index is -1.19. The van der Waals surface area contributed by atoms with Gasteiger partial charge in [0.1, 0.15) is 24.2 Å². The Labute approximate surface area is 368 Å². The molecule has 0 fully saturated rings. The summed E-state index contributed by atoms with van der Waals surface area (Å²) in [5.74, 6) is 1.78. The van der Waals surface area contributed by atoms with Crippen molar-refractivity contribution < 1.29 is 71.2 Å². The van der Waals surface area contributed by atoms with Crippen LogP contribution in [0.2, 0.25) is 0 Å². The molecule has 0 bridgehead atoms. The highest BCUT2D eigenvalue weighted by molar-refractivity contribution is 6.16. The summed E-state index contributed by atoms with van der Waals surface area (Å²) in [7, 11) is 12.0. The second-order valence-corrected chi connectivity index (χ2v) is 15.9. The fourth-order valence-electron chi connectivity index (χ4n) is 8.50. The zero-order valence-corrected chi connectivity index (χ0v) is 37.2. The van der Waals surface area contributed by atoms with Crippen LogP contribution in [-0.2, 0) is 16.1 Å². The molecule has 0 radical (unpaired) electrons. The number of hydrogen-bond donors (Lipinski definition) is 0. The van der Waals surface area contributed by atoms with Crippen LogP contribution in [0.5, 0.6) is 57.5 Å². The Morgan fingerprint density at radius 2 is 0.906 bits per heavy atom. The first-order valence-corrected chi connectivity index (χ1v) is 20.0. The normalized spacial score (nSPS) is 14.0. The van der Waals surface area contributed by atoms with Crippen LogP contribution < -0.4 is 47.4 Å². The number of ether oxygens (including phenoxy) is 12. The zero-order valence-electron chi connectivity index (χ0n) is 37.2. The smallest absolute Gasteiger partial charge is 0.493 e. The van der Waals surface area contributed by atoms with Crippen LogP contribution in [-0.4, -0.2) is 75.0 Å². The van der Waals surface area contributed by atoms with Gasteiger partial charge in [-0.15, -0.1) is 0 Å². The number of benzene rings is 6. The van der Waals surface area contributed by atoms with Gasteiger partial charge >= 0.3 is 18.1 Å². The summed E-state index contributed by atoms with van der Waals surface area (Å²) in [6.45, 7) is 5.49. The molecular weight excluding hydrogens is 829 g/mol.